The molecular weight excluding hydrogens is 186 g/mol. The van der Waals surface area contributed by atoms with Gasteiger partial charge in [-0.1, -0.05) is 13.8 Å². The van der Waals surface area contributed by atoms with Gasteiger partial charge in [0.25, 0.3) is 0 Å². The molecule has 2 N–H and O–H groups in total. The molecule has 1 aromatic heterocycles. The van der Waals surface area contributed by atoms with Crippen LogP contribution in [0.1, 0.15) is 62.9 Å². The molecule has 0 unspecified atom stereocenters. The molecule has 1 aliphatic carbocycles. The number of nitrogen functional groups attached to an aromatic ring is 1. The van der Waals surface area contributed by atoms with Crippen molar-refractivity contribution < 1.29 is 0 Å². The molecule has 0 aromatic carbocycles. The van der Waals surface area contributed by atoms with E-state index in [4.69, 9.17) is 10.7 Å². The first kappa shape index (κ1) is 10.5. The maximum atomic E-state index is 6.12. The highest BCUT2D eigenvalue weighted by molar-refractivity contribution is 5.41. The van der Waals surface area contributed by atoms with Crippen LogP contribution in [0.5, 0.6) is 0 Å². The van der Waals surface area contributed by atoms with Crippen LogP contribution >= 0.6 is 0 Å². The smallest absolute Gasteiger partial charge is 0.126 e. The lowest BCUT2D eigenvalue weighted by atomic mass is 9.99. The molecule has 0 saturated heterocycles. The first-order valence-electron chi connectivity index (χ1n) is 6.00. The third-order valence-electron chi connectivity index (χ3n) is 3.52. The lowest BCUT2D eigenvalue weighted by molar-refractivity contribution is 0.626. The summed E-state index contributed by atoms with van der Waals surface area (Å²) >= 11 is 0. The molecule has 2 rings (SSSR count). The first-order valence-corrected chi connectivity index (χ1v) is 6.00. The van der Waals surface area contributed by atoms with Gasteiger partial charge in [0.2, 0.25) is 0 Å². The quantitative estimate of drug-likeness (QED) is 0.825. The molecule has 1 heterocycles. The fourth-order valence-electron chi connectivity index (χ4n) is 2.23. The summed E-state index contributed by atoms with van der Waals surface area (Å²) < 4.78 is 2.09. The Bertz CT molecular complexity index is 346. The molecule has 1 aromatic rings. The van der Waals surface area contributed by atoms with E-state index in [2.05, 4.69) is 18.4 Å². The van der Waals surface area contributed by atoms with E-state index in [0.717, 1.165) is 24.4 Å². The molecule has 3 nitrogen and oxygen atoms in total. The van der Waals surface area contributed by atoms with Crippen molar-refractivity contribution in [3.8, 4) is 0 Å². The van der Waals surface area contributed by atoms with Gasteiger partial charge in [-0.15, -0.1) is 0 Å². The van der Waals surface area contributed by atoms with Gasteiger partial charge in [0.1, 0.15) is 11.6 Å². The lowest BCUT2D eigenvalue weighted by Gasteiger charge is -2.09. The molecule has 1 saturated carbocycles. The Morgan fingerprint density at radius 1 is 1.40 bits per heavy atom. The minimum Gasteiger partial charge on any atom is -0.384 e. The van der Waals surface area contributed by atoms with E-state index in [1.807, 2.05) is 7.05 Å². The van der Waals surface area contributed by atoms with Crippen molar-refractivity contribution in [3.05, 3.63) is 11.5 Å². The van der Waals surface area contributed by atoms with E-state index in [0.29, 0.717) is 11.8 Å². The Morgan fingerprint density at radius 3 is 2.47 bits per heavy atom. The third kappa shape index (κ3) is 1.75. The number of anilines is 1. The fourth-order valence-corrected chi connectivity index (χ4v) is 2.23. The number of hydrogen-bond acceptors (Lipinski definition) is 2. The van der Waals surface area contributed by atoms with Crippen LogP contribution < -0.4 is 5.73 Å². The average molecular weight is 207 g/mol. The van der Waals surface area contributed by atoms with Crippen molar-refractivity contribution in [2.75, 3.05) is 5.73 Å². The number of nitrogens with two attached hydrogens (primary N) is 1. The predicted molar refractivity (Wildman–Crippen MR) is 62.9 cm³/mol. The Labute approximate surface area is 91.7 Å². The Balaban J connectivity index is 2.34. The number of rotatable bonds is 4. The van der Waals surface area contributed by atoms with Gasteiger partial charge in [-0.05, 0) is 25.7 Å². The van der Waals surface area contributed by atoms with Crippen molar-refractivity contribution in [2.24, 2.45) is 7.05 Å². The molecule has 0 radical (unpaired) electrons. The number of aromatic nitrogens is 2. The second kappa shape index (κ2) is 3.87. The van der Waals surface area contributed by atoms with E-state index in [1.165, 1.54) is 18.7 Å². The Hall–Kier alpha value is -0.990. The number of hydrogen-bond donors (Lipinski definition) is 1. The molecule has 15 heavy (non-hydrogen) atoms. The summed E-state index contributed by atoms with van der Waals surface area (Å²) in [7, 11) is 2.04. The minimum atomic E-state index is 0.531. The second-order valence-corrected chi connectivity index (χ2v) is 4.59. The van der Waals surface area contributed by atoms with E-state index >= 15 is 0 Å². The highest BCUT2D eigenvalue weighted by atomic mass is 15.1. The minimum absolute atomic E-state index is 0.531. The maximum Gasteiger partial charge on any atom is 0.126 e. The van der Waals surface area contributed by atoms with Crippen LogP contribution in [0.15, 0.2) is 0 Å². The monoisotopic (exact) mass is 207 g/mol. The van der Waals surface area contributed by atoms with Gasteiger partial charge in [0.15, 0.2) is 0 Å². The van der Waals surface area contributed by atoms with Gasteiger partial charge < -0.3 is 10.3 Å². The van der Waals surface area contributed by atoms with Gasteiger partial charge in [-0.2, -0.15) is 0 Å². The van der Waals surface area contributed by atoms with Crippen molar-refractivity contribution >= 4 is 5.82 Å². The second-order valence-electron chi connectivity index (χ2n) is 4.59. The van der Waals surface area contributed by atoms with Crippen LogP contribution in [0.2, 0.25) is 0 Å². The number of imidazole rings is 1. The molecule has 3 heteroatoms. The Kier molecular flexibility index (Phi) is 2.72. The lowest BCUT2D eigenvalue weighted by Crippen LogP contribution is -2.03. The first-order chi connectivity index (χ1) is 7.19. The van der Waals surface area contributed by atoms with E-state index in [1.54, 1.807) is 0 Å². The fraction of sp³-hybridized carbons (Fsp3) is 0.750. The molecule has 0 atom stereocenters. The zero-order valence-corrected chi connectivity index (χ0v) is 9.95. The topological polar surface area (TPSA) is 43.8 Å². The zero-order valence-electron chi connectivity index (χ0n) is 9.95. The van der Waals surface area contributed by atoms with Crippen molar-refractivity contribution in [2.45, 2.75) is 51.4 Å². The van der Waals surface area contributed by atoms with E-state index in [-0.39, 0.29) is 0 Å². The summed E-state index contributed by atoms with van der Waals surface area (Å²) in [6.45, 7) is 4.41. The summed E-state index contributed by atoms with van der Waals surface area (Å²) in [6.07, 6.45) is 4.82. The van der Waals surface area contributed by atoms with Crippen LogP contribution in [0.25, 0.3) is 0 Å². The largest absolute Gasteiger partial charge is 0.384 e. The summed E-state index contributed by atoms with van der Waals surface area (Å²) in [4.78, 5) is 4.75. The molecule has 1 aliphatic rings. The SMILES string of the molecule is CCC(CC)c1nc(C2CC2)n(C)c1N. The number of nitrogens with zero attached hydrogens (tertiary/aromatic N) is 2. The van der Waals surface area contributed by atoms with Crippen LogP contribution in [0.3, 0.4) is 0 Å². The molecule has 84 valence electrons. The molecule has 0 bridgehead atoms. The van der Waals surface area contributed by atoms with Crippen LogP contribution in [0.4, 0.5) is 5.82 Å². The van der Waals surface area contributed by atoms with Crippen molar-refractivity contribution in [1.82, 2.24) is 9.55 Å². The molecule has 1 fully saturated rings. The standard InChI is InChI=1S/C12H21N3/c1-4-8(5-2)10-11(13)15(3)12(14-10)9-6-7-9/h8-9H,4-7,13H2,1-3H3. The summed E-state index contributed by atoms with van der Waals surface area (Å²) in [5, 5.41) is 0. The summed E-state index contributed by atoms with van der Waals surface area (Å²) in [6, 6.07) is 0. The summed E-state index contributed by atoms with van der Waals surface area (Å²) in [5.74, 6) is 3.30. The van der Waals surface area contributed by atoms with Gasteiger partial charge in [0.05, 0.1) is 5.69 Å². The van der Waals surface area contributed by atoms with Crippen LogP contribution in [-0.4, -0.2) is 9.55 Å². The third-order valence-corrected chi connectivity index (χ3v) is 3.52. The Morgan fingerprint density at radius 2 is 2.00 bits per heavy atom. The predicted octanol–water partition coefficient (Wildman–Crippen LogP) is 2.78. The highest BCUT2D eigenvalue weighted by Crippen LogP contribution is 2.41. The molecular formula is C12H21N3. The molecule has 0 aliphatic heterocycles. The van der Waals surface area contributed by atoms with Gasteiger partial charge >= 0.3 is 0 Å². The van der Waals surface area contributed by atoms with Crippen molar-refractivity contribution in [3.63, 3.8) is 0 Å². The van der Waals surface area contributed by atoms with E-state index in [9.17, 15) is 0 Å². The van der Waals surface area contributed by atoms with Gasteiger partial charge in [0, 0.05) is 18.9 Å². The van der Waals surface area contributed by atoms with Crippen molar-refractivity contribution in [1.29, 1.82) is 0 Å². The van der Waals surface area contributed by atoms with Gasteiger partial charge in [-0.3, -0.25) is 0 Å². The highest BCUT2D eigenvalue weighted by Gasteiger charge is 2.30. The van der Waals surface area contributed by atoms with E-state index < -0.39 is 0 Å². The zero-order chi connectivity index (χ0) is 11.0. The summed E-state index contributed by atoms with van der Waals surface area (Å²) in [5.41, 5.74) is 7.25. The normalized spacial score (nSPS) is 16.3. The molecule has 0 amide bonds. The van der Waals surface area contributed by atoms with Gasteiger partial charge in [-0.25, -0.2) is 4.98 Å². The average Bonchev–Trinajstić information content (AvgIpc) is 3.02. The van der Waals surface area contributed by atoms with Crippen LogP contribution in [-0.2, 0) is 7.05 Å². The molecule has 0 spiro atoms. The maximum absolute atomic E-state index is 6.12. The van der Waals surface area contributed by atoms with Crippen LogP contribution in [0, 0.1) is 0 Å².